The van der Waals surface area contributed by atoms with Gasteiger partial charge in [0.25, 0.3) is 5.91 Å². The van der Waals surface area contributed by atoms with E-state index in [1.165, 1.54) is 0 Å². The number of nitrogens with two attached hydrogens (primary N) is 1. The van der Waals surface area contributed by atoms with E-state index < -0.39 is 0 Å². The molecule has 0 unspecified atom stereocenters. The third-order valence-electron chi connectivity index (χ3n) is 5.15. The minimum atomic E-state index is -0.172. The van der Waals surface area contributed by atoms with Crippen molar-refractivity contribution < 1.29 is 14.3 Å². The number of unbranched alkanes of at least 4 members (excludes halogenated alkanes) is 2. The zero-order valence-electron chi connectivity index (χ0n) is 19.0. The Hall–Kier alpha value is -3.42. The molecule has 1 amide bonds. The lowest BCUT2D eigenvalue weighted by atomic mass is 10.1. The number of amides is 1. The molecule has 0 saturated heterocycles. The fraction of sp³-hybridized carbons (Fsp3) is 0.308. The zero-order valence-corrected chi connectivity index (χ0v) is 19.0. The zero-order chi connectivity index (χ0) is 23.3. The fourth-order valence-electron chi connectivity index (χ4n) is 3.28. The Morgan fingerprint density at radius 2 is 1.73 bits per heavy atom. The molecule has 4 N–H and O–H groups in total. The molecular formula is C26H32N4O3. The number of nitrogens with one attached hydrogen (secondary N) is 2. The molecule has 1 heterocycles. The van der Waals surface area contributed by atoms with Crippen LogP contribution in [0, 0.1) is 0 Å². The largest absolute Gasteiger partial charge is 0.497 e. The van der Waals surface area contributed by atoms with Crippen LogP contribution in [0.4, 0.5) is 11.5 Å². The number of ether oxygens (including phenoxy) is 2. The summed E-state index contributed by atoms with van der Waals surface area (Å²) in [4.78, 5) is 16.3. The molecule has 0 aliphatic carbocycles. The Kier molecular flexibility index (Phi) is 9.69. The minimum Gasteiger partial charge on any atom is -0.497 e. The number of hydrogen-bond acceptors (Lipinski definition) is 6. The standard InChI is InChI=1S/C26H32N4O3/c1-32-24-11-7-21(8-12-24)19-33-16-4-2-3-14-28-18-20-5-9-22(10-6-20)26(31)30-23-13-15-29-25(27)17-23/h5-13,15,17,28H,2-4,14,16,18-19H2,1H3,(H3,27,29,30,31). The number of methoxy groups -OCH3 is 1. The average molecular weight is 449 g/mol. The molecule has 0 aliphatic heterocycles. The van der Waals surface area contributed by atoms with Gasteiger partial charge in [-0.1, -0.05) is 24.3 Å². The van der Waals surface area contributed by atoms with Crippen molar-refractivity contribution in [2.24, 2.45) is 0 Å². The van der Waals surface area contributed by atoms with E-state index in [-0.39, 0.29) is 5.91 Å². The van der Waals surface area contributed by atoms with E-state index in [1.807, 2.05) is 48.5 Å². The predicted octanol–water partition coefficient (Wildman–Crippen LogP) is 4.40. The lowest BCUT2D eigenvalue weighted by Gasteiger charge is -2.08. The van der Waals surface area contributed by atoms with E-state index in [1.54, 1.807) is 25.4 Å². The summed E-state index contributed by atoms with van der Waals surface area (Å²) in [6.45, 7) is 3.12. The van der Waals surface area contributed by atoms with Crippen molar-refractivity contribution in [1.82, 2.24) is 10.3 Å². The number of nitrogens with zero attached hydrogens (tertiary/aromatic N) is 1. The molecule has 0 aliphatic rings. The molecule has 0 atom stereocenters. The number of benzene rings is 2. The van der Waals surface area contributed by atoms with Crippen LogP contribution in [-0.2, 0) is 17.9 Å². The van der Waals surface area contributed by atoms with E-state index in [2.05, 4.69) is 15.6 Å². The molecule has 3 aromatic rings. The van der Waals surface area contributed by atoms with E-state index in [9.17, 15) is 4.79 Å². The maximum Gasteiger partial charge on any atom is 0.255 e. The second kappa shape index (κ2) is 13.2. The summed E-state index contributed by atoms with van der Waals surface area (Å²) >= 11 is 0. The van der Waals surface area contributed by atoms with E-state index >= 15 is 0 Å². The van der Waals surface area contributed by atoms with Crippen LogP contribution in [0.3, 0.4) is 0 Å². The lowest BCUT2D eigenvalue weighted by Crippen LogP contribution is -2.15. The normalized spacial score (nSPS) is 10.7. The molecule has 0 saturated carbocycles. The second-order valence-electron chi connectivity index (χ2n) is 7.76. The molecule has 2 aromatic carbocycles. The van der Waals surface area contributed by atoms with Gasteiger partial charge in [0.1, 0.15) is 11.6 Å². The van der Waals surface area contributed by atoms with Gasteiger partial charge in [0.15, 0.2) is 0 Å². The molecule has 0 radical (unpaired) electrons. The summed E-state index contributed by atoms with van der Waals surface area (Å²) < 4.78 is 10.9. The number of rotatable bonds is 13. The summed E-state index contributed by atoms with van der Waals surface area (Å²) in [7, 11) is 1.67. The van der Waals surface area contributed by atoms with E-state index in [0.717, 1.165) is 55.8 Å². The highest BCUT2D eigenvalue weighted by Gasteiger charge is 2.06. The summed E-state index contributed by atoms with van der Waals surface area (Å²) in [6.07, 6.45) is 4.83. The first-order valence-electron chi connectivity index (χ1n) is 11.2. The van der Waals surface area contributed by atoms with Crippen molar-refractivity contribution in [3.05, 3.63) is 83.6 Å². The molecule has 0 bridgehead atoms. The average Bonchev–Trinajstić information content (AvgIpc) is 2.83. The fourth-order valence-corrected chi connectivity index (χ4v) is 3.28. The van der Waals surface area contributed by atoms with Crippen LogP contribution in [0.2, 0.25) is 0 Å². The van der Waals surface area contributed by atoms with Crippen molar-refractivity contribution >= 4 is 17.4 Å². The maximum absolute atomic E-state index is 12.3. The van der Waals surface area contributed by atoms with Crippen LogP contribution in [-0.4, -0.2) is 31.2 Å². The minimum absolute atomic E-state index is 0.172. The van der Waals surface area contributed by atoms with Crippen molar-refractivity contribution in [2.75, 3.05) is 31.3 Å². The monoisotopic (exact) mass is 448 g/mol. The Balaban J connectivity index is 1.24. The molecule has 7 nitrogen and oxygen atoms in total. The molecule has 3 rings (SSSR count). The maximum atomic E-state index is 12.3. The number of pyridine rings is 1. The van der Waals surface area contributed by atoms with Crippen molar-refractivity contribution in [3.8, 4) is 5.75 Å². The Labute approximate surface area is 195 Å². The van der Waals surface area contributed by atoms with Gasteiger partial charge in [0.2, 0.25) is 0 Å². The summed E-state index contributed by atoms with van der Waals surface area (Å²) in [5.41, 5.74) is 9.17. The van der Waals surface area contributed by atoms with Crippen LogP contribution in [0.25, 0.3) is 0 Å². The molecule has 0 spiro atoms. The number of carbonyl (C=O) groups excluding carboxylic acids is 1. The van der Waals surface area contributed by atoms with Gasteiger partial charge in [-0.05, 0) is 67.3 Å². The van der Waals surface area contributed by atoms with Gasteiger partial charge in [0, 0.05) is 36.7 Å². The van der Waals surface area contributed by atoms with Gasteiger partial charge in [0.05, 0.1) is 13.7 Å². The summed E-state index contributed by atoms with van der Waals surface area (Å²) in [5.74, 6) is 1.06. The van der Waals surface area contributed by atoms with Crippen LogP contribution >= 0.6 is 0 Å². The van der Waals surface area contributed by atoms with Gasteiger partial charge in [-0.15, -0.1) is 0 Å². The lowest BCUT2D eigenvalue weighted by molar-refractivity contribution is 0.102. The van der Waals surface area contributed by atoms with Crippen molar-refractivity contribution in [2.45, 2.75) is 32.4 Å². The molecular weight excluding hydrogens is 416 g/mol. The first-order valence-corrected chi connectivity index (χ1v) is 11.2. The highest BCUT2D eigenvalue weighted by molar-refractivity contribution is 6.04. The topological polar surface area (TPSA) is 98.5 Å². The van der Waals surface area contributed by atoms with Gasteiger partial charge >= 0.3 is 0 Å². The first-order chi connectivity index (χ1) is 16.1. The first kappa shape index (κ1) is 24.2. The molecule has 174 valence electrons. The third kappa shape index (κ3) is 8.56. The predicted molar refractivity (Wildman–Crippen MR) is 131 cm³/mol. The number of nitrogen functional groups attached to an aromatic ring is 1. The number of carbonyl (C=O) groups is 1. The van der Waals surface area contributed by atoms with Gasteiger partial charge < -0.3 is 25.8 Å². The van der Waals surface area contributed by atoms with E-state index in [4.69, 9.17) is 15.2 Å². The number of anilines is 2. The molecule has 0 fully saturated rings. The molecule has 1 aromatic heterocycles. The number of hydrogen-bond donors (Lipinski definition) is 3. The van der Waals surface area contributed by atoms with Crippen molar-refractivity contribution in [1.29, 1.82) is 0 Å². The summed E-state index contributed by atoms with van der Waals surface area (Å²) in [5, 5.41) is 6.27. The van der Waals surface area contributed by atoms with E-state index in [0.29, 0.717) is 23.7 Å². The third-order valence-corrected chi connectivity index (χ3v) is 5.15. The Bertz CT molecular complexity index is 991. The van der Waals surface area contributed by atoms with Gasteiger partial charge in [-0.25, -0.2) is 4.98 Å². The van der Waals surface area contributed by atoms with Gasteiger partial charge in [-0.2, -0.15) is 0 Å². The highest BCUT2D eigenvalue weighted by atomic mass is 16.5. The van der Waals surface area contributed by atoms with Crippen LogP contribution in [0.15, 0.2) is 66.9 Å². The Morgan fingerprint density at radius 3 is 2.45 bits per heavy atom. The van der Waals surface area contributed by atoms with Crippen LogP contribution in [0.5, 0.6) is 5.75 Å². The SMILES string of the molecule is COc1ccc(COCCCCCNCc2ccc(C(=O)Nc3ccnc(N)c3)cc2)cc1. The quantitative estimate of drug-likeness (QED) is 0.335. The van der Waals surface area contributed by atoms with Crippen molar-refractivity contribution in [3.63, 3.8) is 0 Å². The molecule has 33 heavy (non-hydrogen) atoms. The molecule has 7 heteroatoms. The van der Waals surface area contributed by atoms with Crippen LogP contribution in [0.1, 0.15) is 40.7 Å². The summed E-state index contributed by atoms with van der Waals surface area (Å²) in [6, 6.07) is 18.9. The number of aromatic nitrogens is 1. The Morgan fingerprint density at radius 1 is 0.970 bits per heavy atom. The van der Waals surface area contributed by atoms with Gasteiger partial charge in [-0.3, -0.25) is 4.79 Å². The smallest absolute Gasteiger partial charge is 0.255 e. The highest BCUT2D eigenvalue weighted by Crippen LogP contribution is 2.13. The second-order valence-corrected chi connectivity index (χ2v) is 7.76. The van der Waals surface area contributed by atoms with Crippen LogP contribution < -0.4 is 21.1 Å².